The molecule has 0 saturated heterocycles. The third-order valence-electron chi connectivity index (χ3n) is 4.49. The number of rotatable bonds is 5. The van der Waals surface area contributed by atoms with Crippen LogP contribution in [-0.4, -0.2) is 16.1 Å². The third kappa shape index (κ3) is 3.16. The number of aryl methyl sites for hydroxylation is 1. The van der Waals surface area contributed by atoms with Crippen molar-refractivity contribution in [3.8, 4) is 10.6 Å². The molecule has 1 unspecified atom stereocenters. The number of halogens is 1. The number of thiophene rings is 1. The molecule has 0 fully saturated rings. The van der Waals surface area contributed by atoms with Gasteiger partial charge in [0.15, 0.2) is 0 Å². The highest BCUT2D eigenvalue weighted by atomic mass is 79.9. The number of nitrogens with zero attached hydrogens (tertiary/aromatic N) is 2. The second kappa shape index (κ2) is 7.23. The van der Waals surface area contributed by atoms with Crippen LogP contribution in [0.1, 0.15) is 11.6 Å². The molecule has 26 heavy (non-hydrogen) atoms. The van der Waals surface area contributed by atoms with Gasteiger partial charge < -0.3 is 15.6 Å². The summed E-state index contributed by atoms with van der Waals surface area (Å²) >= 11 is 5.38. The van der Waals surface area contributed by atoms with E-state index >= 15 is 0 Å². The summed E-state index contributed by atoms with van der Waals surface area (Å²) in [5.41, 5.74) is 8.43. The Hall–Kier alpha value is -2.15. The molecule has 4 aromatic rings. The average molecular weight is 427 g/mol. The topological polar surface area (TPSA) is 55.9 Å². The first-order valence-corrected chi connectivity index (χ1v) is 9.98. The molecule has 4 rings (SSSR count). The summed E-state index contributed by atoms with van der Waals surface area (Å²) < 4.78 is 3.08. The standard InChI is InChI=1S/C20H19BrN4S/c1-25-12-23-11-18(25)20-16(21)9-19(26-20)24-17(10-22)15-8-4-6-13-5-2-3-7-14(13)15/h2-9,11-12,17,24H,10,22H2,1H3. The Morgan fingerprint density at radius 2 is 2.04 bits per heavy atom. The molecule has 3 N–H and O–H groups in total. The minimum atomic E-state index is 0.0473. The van der Waals surface area contributed by atoms with Gasteiger partial charge in [0.1, 0.15) is 0 Å². The second-order valence-electron chi connectivity index (χ2n) is 6.18. The highest BCUT2D eigenvalue weighted by Gasteiger charge is 2.17. The van der Waals surface area contributed by atoms with Crippen molar-refractivity contribution in [3.63, 3.8) is 0 Å². The number of benzene rings is 2. The van der Waals surface area contributed by atoms with Crippen molar-refractivity contribution in [1.29, 1.82) is 0 Å². The van der Waals surface area contributed by atoms with E-state index in [0.29, 0.717) is 6.54 Å². The molecule has 0 saturated carbocycles. The number of anilines is 1. The molecule has 0 aliphatic carbocycles. The largest absolute Gasteiger partial charge is 0.369 e. The lowest BCUT2D eigenvalue weighted by Crippen LogP contribution is -2.20. The van der Waals surface area contributed by atoms with Gasteiger partial charge in [-0.1, -0.05) is 42.5 Å². The van der Waals surface area contributed by atoms with Crippen LogP contribution in [0.25, 0.3) is 21.3 Å². The molecule has 1 atom stereocenters. The van der Waals surface area contributed by atoms with Gasteiger partial charge in [0.05, 0.1) is 34.1 Å². The van der Waals surface area contributed by atoms with Crippen LogP contribution in [0.4, 0.5) is 5.00 Å². The van der Waals surface area contributed by atoms with Gasteiger partial charge in [-0.05, 0) is 38.3 Å². The van der Waals surface area contributed by atoms with Gasteiger partial charge in [0.25, 0.3) is 0 Å². The molecule has 2 aromatic carbocycles. The van der Waals surface area contributed by atoms with Gasteiger partial charge in [-0.15, -0.1) is 11.3 Å². The summed E-state index contributed by atoms with van der Waals surface area (Å²) in [7, 11) is 2.00. The van der Waals surface area contributed by atoms with Crippen LogP contribution in [-0.2, 0) is 7.05 Å². The Bertz CT molecular complexity index is 1050. The summed E-state index contributed by atoms with van der Waals surface area (Å²) in [6.07, 6.45) is 3.69. The third-order valence-corrected chi connectivity index (χ3v) is 6.46. The van der Waals surface area contributed by atoms with E-state index in [4.69, 9.17) is 5.73 Å². The number of nitrogens with one attached hydrogen (secondary N) is 1. The fourth-order valence-corrected chi connectivity index (χ4v) is 5.06. The van der Waals surface area contributed by atoms with E-state index in [1.807, 2.05) is 24.1 Å². The summed E-state index contributed by atoms with van der Waals surface area (Å²) in [4.78, 5) is 5.37. The first-order valence-electron chi connectivity index (χ1n) is 8.37. The van der Waals surface area contributed by atoms with Crippen molar-refractivity contribution in [2.45, 2.75) is 6.04 Å². The Kier molecular flexibility index (Phi) is 4.80. The summed E-state index contributed by atoms with van der Waals surface area (Å²) in [5.74, 6) is 0. The van der Waals surface area contributed by atoms with Crippen LogP contribution in [0.5, 0.6) is 0 Å². The van der Waals surface area contributed by atoms with Crippen molar-refractivity contribution in [3.05, 3.63) is 71.1 Å². The molecule has 0 bridgehead atoms. The summed E-state index contributed by atoms with van der Waals surface area (Å²) in [5, 5.41) is 7.16. The van der Waals surface area contributed by atoms with Crippen LogP contribution in [0.15, 0.2) is 65.5 Å². The first kappa shape index (κ1) is 17.3. The molecular weight excluding hydrogens is 408 g/mol. The van der Waals surface area contributed by atoms with E-state index in [9.17, 15) is 0 Å². The smallest absolute Gasteiger partial charge is 0.0948 e. The van der Waals surface area contributed by atoms with E-state index in [-0.39, 0.29) is 6.04 Å². The number of hydrogen-bond donors (Lipinski definition) is 2. The molecule has 0 aliphatic heterocycles. The van der Waals surface area contributed by atoms with Crippen LogP contribution in [0.3, 0.4) is 0 Å². The fraction of sp³-hybridized carbons (Fsp3) is 0.150. The van der Waals surface area contributed by atoms with Crippen molar-refractivity contribution in [2.24, 2.45) is 12.8 Å². The lowest BCUT2D eigenvalue weighted by molar-refractivity contribution is 0.800. The Morgan fingerprint density at radius 3 is 2.81 bits per heavy atom. The zero-order chi connectivity index (χ0) is 18.1. The molecular formula is C20H19BrN4S. The Balaban J connectivity index is 1.68. The van der Waals surface area contributed by atoms with E-state index in [1.54, 1.807) is 11.3 Å². The van der Waals surface area contributed by atoms with Crippen LogP contribution in [0.2, 0.25) is 0 Å². The van der Waals surface area contributed by atoms with Crippen molar-refractivity contribution in [2.75, 3.05) is 11.9 Å². The lowest BCUT2D eigenvalue weighted by Gasteiger charge is -2.19. The van der Waals surface area contributed by atoms with Gasteiger partial charge >= 0.3 is 0 Å². The minimum absolute atomic E-state index is 0.0473. The monoisotopic (exact) mass is 426 g/mol. The molecule has 2 aromatic heterocycles. The van der Waals surface area contributed by atoms with Gasteiger partial charge in [-0.2, -0.15) is 0 Å². The van der Waals surface area contributed by atoms with E-state index in [0.717, 1.165) is 20.0 Å². The average Bonchev–Trinajstić information content (AvgIpc) is 3.24. The number of hydrogen-bond acceptors (Lipinski definition) is 4. The SMILES string of the molecule is Cn1cncc1-c1sc(NC(CN)c2cccc3ccccc23)cc1Br. The first-order chi connectivity index (χ1) is 12.7. The molecule has 6 heteroatoms. The molecule has 0 spiro atoms. The normalized spacial score (nSPS) is 12.4. The van der Waals surface area contributed by atoms with Crippen molar-refractivity contribution >= 4 is 43.0 Å². The molecule has 0 amide bonds. The van der Waals surface area contributed by atoms with Crippen LogP contribution >= 0.6 is 27.3 Å². The number of aromatic nitrogens is 2. The maximum absolute atomic E-state index is 6.12. The fourth-order valence-electron chi connectivity index (χ4n) is 3.18. The van der Waals surface area contributed by atoms with Gasteiger partial charge in [-0.25, -0.2) is 4.98 Å². The lowest BCUT2D eigenvalue weighted by atomic mass is 9.99. The number of imidazole rings is 1. The maximum atomic E-state index is 6.12. The second-order valence-corrected chi connectivity index (χ2v) is 8.09. The molecule has 0 radical (unpaired) electrons. The Morgan fingerprint density at radius 1 is 1.23 bits per heavy atom. The predicted octanol–water partition coefficient (Wildman–Crippen LogP) is 5.18. The number of nitrogens with two attached hydrogens (primary N) is 1. The number of fused-ring (bicyclic) bond motifs is 1. The predicted molar refractivity (Wildman–Crippen MR) is 114 cm³/mol. The van der Waals surface area contributed by atoms with Crippen LogP contribution in [0, 0.1) is 0 Å². The van der Waals surface area contributed by atoms with Crippen LogP contribution < -0.4 is 11.1 Å². The molecule has 2 heterocycles. The quantitative estimate of drug-likeness (QED) is 0.462. The summed E-state index contributed by atoms with van der Waals surface area (Å²) in [6, 6.07) is 17.0. The van der Waals surface area contributed by atoms with E-state index in [1.165, 1.54) is 16.3 Å². The molecule has 132 valence electrons. The Labute approximate surface area is 164 Å². The van der Waals surface area contributed by atoms with Gasteiger partial charge in [0, 0.05) is 18.1 Å². The molecule has 0 aliphatic rings. The van der Waals surface area contributed by atoms with Gasteiger partial charge in [-0.3, -0.25) is 0 Å². The highest BCUT2D eigenvalue weighted by Crippen LogP contribution is 2.40. The summed E-state index contributed by atoms with van der Waals surface area (Å²) in [6.45, 7) is 0.518. The zero-order valence-electron chi connectivity index (χ0n) is 14.3. The zero-order valence-corrected chi connectivity index (χ0v) is 16.7. The van der Waals surface area contributed by atoms with Gasteiger partial charge in [0.2, 0.25) is 0 Å². The van der Waals surface area contributed by atoms with Crippen molar-refractivity contribution in [1.82, 2.24) is 9.55 Å². The molecule has 4 nitrogen and oxygen atoms in total. The van der Waals surface area contributed by atoms with E-state index < -0.39 is 0 Å². The van der Waals surface area contributed by atoms with E-state index in [2.05, 4.69) is 74.8 Å². The minimum Gasteiger partial charge on any atom is -0.369 e. The highest BCUT2D eigenvalue weighted by molar-refractivity contribution is 9.10. The maximum Gasteiger partial charge on any atom is 0.0948 e. The van der Waals surface area contributed by atoms with Crippen molar-refractivity contribution < 1.29 is 0 Å².